The zero-order chi connectivity index (χ0) is 10.1. The summed E-state index contributed by atoms with van der Waals surface area (Å²) in [4.78, 5) is 4.20. The molecule has 2 aromatic rings. The van der Waals surface area contributed by atoms with Gasteiger partial charge < -0.3 is 5.32 Å². The minimum atomic E-state index is 0.433. The fraction of sp³-hybridized carbons (Fsp3) is 0.400. The summed E-state index contributed by atoms with van der Waals surface area (Å²) in [6.07, 6.45) is 9.86. The molecule has 0 radical (unpaired) electrons. The van der Waals surface area contributed by atoms with Crippen LogP contribution in [0.2, 0.25) is 0 Å². The van der Waals surface area contributed by atoms with Crippen LogP contribution in [0.1, 0.15) is 24.6 Å². The van der Waals surface area contributed by atoms with Crippen LogP contribution in [0, 0.1) is 0 Å². The van der Waals surface area contributed by atoms with Crippen molar-refractivity contribution in [3.05, 3.63) is 30.6 Å². The molecule has 0 bridgehead atoms. The Morgan fingerprint density at radius 1 is 1.40 bits per heavy atom. The Hall–Kier alpha value is -1.62. The lowest BCUT2D eigenvalue weighted by molar-refractivity contribution is 0.615. The van der Waals surface area contributed by atoms with Gasteiger partial charge in [0.25, 0.3) is 0 Å². The molecule has 2 aromatic heterocycles. The predicted octanol–water partition coefficient (Wildman–Crippen LogP) is 1.02. The van der Waals surface area contributed by atoms with Crippen LogP contribution in [-0.4, -0.2) is 26.3 Å². The highest BCUT2D eigenvalue weighted by Crippen LogP contribution is 2.24. The fourth-order valence-corrected chi connectivity index (χ4v) is 2.09. The summed E-state index contributed by atoms with van der Waals surface area (Å²) in [6, 6.07) is 0.433. The average molecular weight is 203 g/mol. The highest BCUT2D eigenvalue weighted by Gasteiger charge is 2.20. The first-order valence-corrected chi connectivity index (χ1v) is 5.20. The van der Waals surface area contributed by atoms with Gasteiger partial charge in [-0.05, 0) is 19.4 Å². The SMILES string of the molecule is c1n[nH]cc1-n1cncc1[C@@H]1CCCN1. The van der Waals surface area contributed by atoms with Gasteiger partial charge in [-0.1, -0.05) is 0 Å². The van der Waals surface area contributed by atoms with E-state index in [4.69, 9.17) is 0 Å². The van der Waals surface area contributed by atoms with Crippen molar-refractivity contribution in [1.82, 2.24) is 25.1 Å². The van der Waals surface area contributed by atoms with Crippen LogP contribution >= 0.6 is 0 Å². The summed E-state index contributed by atoms with van der Waals surface area (Å²) in [7, 11) is 0. The first-order valence-electron chi connectivity index (χ1n) is 5.20. The lowest BCUT2D eigenvalue weighted by Crippen LogP contribution is -2.15. The second-order valence-electron chi connectivity index (χ2n) is 3.79. The maximum atomic E-state index is 4.20. The molecule has 15 heavy (non-hydrogen) atoms. The summed E-state index contributed by atoms with van der Waals surface area (Å²) in [5.41, 5.74) is 2.25. The lowest BCUT2D eigenvalue weighted by atomic mass is 10.2. The lowest BCUT2D eigenvalue weighted by Gasteiger charge is -2.11. The fourth-order valence-electron chi connectivity index (χ4n) is 2.09. The standard InChI is InChI=1S/C10H13N5/c1-2-9(12-3-1)10-6-11-7-15(10)8-4-13-14-5-8/h4-7,9,12H,1-3H2,(H,13,14)/t9-/m0/s1. The zero-order valence-electron chi connectivity index (χ0n) is 8.35. The monoisotopic (exact) mass is 203 g/mol. The summed E-state index contributed by atoms with van der Waals surface area (Å²) in [5, 5.41) is 10.2. The van der Waals surface area contributed by atoms with Crippen LogP contribution < -0.4 is 5.32 Å². The number of H-pyrrole nitrogens is 1. The van der Waals surface area contributed by atoms with E-state index in [0.717, 1.165) is 12.2 Å². The molecule has 0 unspecified atom stereocenters. The van der Waals surface area contributed by atoms with Gasteiger partial charge in [-0.3, -0.25) is 9.67 Å². The van der Waals surface area contributed by atoms with Gasteiger partial charge in [0.1, 0.15) is 0 Å². The van der Waals surface area contributed by atoms with Crippen LogP contribution in [0.4, 0.5) is 0 Å². The van der Waals surface area contributed by atoms with Crippen LogP contribution in [0.5, 0.6) is 0 Å². The van der Waals surface area contributed by atoms with E-state index in [2.05, 4.69) is 25.1 Å². The minimum absolute atomic E-state index is 0.433. The van der Waals surface area contributed by atoms with Crippen LogP contribution in [0.3, 0.4) is 0 Å². The minimum Gasteiger partial charge on any atom is -0.309 e. The molecule has 0 aromatic carbocycles. The zero-order valence-corrected chi connectivity index (χ0v) is 8.35. The van der Waals surface area contributed by atoms with Crippen molar-refractivity contribution in [2.24, 2.45) is 0 Å². The number of aromatic amines is 1. The van der Waals surface area contributed by atoms with Crippen molar-refractivity contribution < 1.29 is 0 Å². The third-order valence-electron chi connectivity index (χ3n) is 2.85. The van der Waals surface area contributed by atoms with E-state index >= 15 is 0 Å². The molecule has 0 aliphatic carbocycles. The predicted molar refractivity (Wildman–Crippen MR) is 55.7 cm³/mol. The first-order chi connectivity index (χ1) is 7.45. The molecule has 5 nitrogen and oxygen atoms in total. The van der Waals surface area contributed by atoms with Gasteiger partial charge >= 0.3 is 0 Å². The highest BCUT2D eigenvalue weighted by molar-refractivity contribution is 5.29. The van der Waals surface area contributed by atoms with E-state index in [1.54, 1.807) is 6.20 Å². The van der Waals surface area contributed by atoms with Crippen molar-refractivity contribution in [2.75, 3.05) is 6.54 Å². The molecule has 2 N–H and O–H groups in total. The maximum Gasteiger partial charge on any atom is 0.0995 e. The Morgan fingerprint density at radius 2 is 2.40 bits per heavy atom. The van der Waals surface area contributed by atoms with Crippen molar-refractivity contribution >= 4 is 0 Å². The molecular formula is C10H13N5. The number of hydrogen-bond acceptors (Lipinski definition) is 3. The third kappa shape index (κ3) is 1.45. The average Bonchev–Trinajstić information content (AvgIpc) is 3.01. The van der Waals surface area contributed by atoms with Crippen molar-refractivity contribution in [3.63, 3.8) is 0 Å². The number of nitrogens with one attached hydrogen (secondary N) is 2. The molecule has 1 aliphatic rings. The molecule has 3 rings (SSSR count). The van der Waals surface area contributed by atoms with Crippen LogP contribution in [0.25, 0.3) is 5.69 Å². The van der Waals surface area contributed by atoms with E-state index in [0.29, 0.717) is 6.04 Å². The molecule has 1 aliphatic heterocycles. The summed E-state index contributed by atoms with van der Waals surface area (Å²) in [5.74, 6) is 0. The number of aromatic nitrogens is 4. The second kappa shape index (κ2) is 3.51. The van der Waals surface area contributed by atoms with Gasteiger partial charge in [-0.2, -0.15) is 5.10 Å². The molecule has 5 heteroatoms. The number of nitrogens with zero attached hydrogens (tertiary/aromatic N) is 3. The Bertz CT molecular complexity index is 424. The van der Waals surface area contributed by atoms with E-state index in [1.807, 2.05) is 18.7 Å². The molecule has 78 valence electrons. The van der Waals surface area contributed by atoms with Gasteiger partial charge in [0.05, 0.1) is 30.1 Å². The second-order valence-corrected chi connectivity index (χ2v) is 3.79. The Labute approximate surface area is 87.5 Å². The highest BCUT2D eigenvalue weighted by atomic mass is 15.2. The van der Waals surface area contributed by atoms with Gasteiger partial charge in [0.2, 0.25) is 0 Å². The molecule has 1 saturated heterocycles. The molecule has 0 spiro atoms. The Balaban J connectivity index is 1.98. The van der Waals surface area contributed by atoms with Crippen LogP contribution in [-0.2, 0) is 0 Å². The quantitative estimate of drug-likeness (QED) is 0.766. The van der Waals surface area contributed by atoms with Crippen molar-refractivity contribution in [3.8, 4) is 5.69 Å². The largest absolute Gasteiger partial charge is 0.309 e. The summed E-state index contributed by atoms with van der Waals surface area (Å²) in [6.45, 7) is 1.10. The number of rotatable bonds is 2. The first kappa shape index (κ1) is 8.67. The summed E-state index contributed by atoms with van der Waals surface area (Å²) < 4.78 is 2.08. The Kier molecular flexibility index (Phi) is 2.03. The topological polar surface area (TPSA) is 58.5 Å². The van der Waals surface area contributed by atoms with E-state index < -0.39 is 0 Å². The van der Waals surface area contributed by atoms with E-state index in [1.165, 1.54) is 18.5 Å². The van der Waals surface area contributed by atoms with Crippen molar-refractivity contribution in [1.29, 1.82) is 0 Å². The maximum absolute atomic E-state index is 4.20. The number of hydrogen-bond donors (Lipinski definition) is 2. The van der Waals surface area contributed by atoms with Gasteiger partial charge in [-0.25, -0.2) is 4.98 Å². The Morgan fingerprint density at radius 3 is 3.13 bits per heavy atom. The van der Waals surface area contributed by atoms with Crippen molar-refractivity contribution in [2.45, 2.75) is 18.9 Å². The molecule has 0 amide bonds. The molecular weight excluding hydrogens is 190 g/mol. The van der Waals surface area contributed by atoms with E-state index in [-0.39, 0.29) is 0 Å². The number of imidazole rings is 1. The summed E-state index contributed by atoms with van der Waals surface area (Å²) >= 11 is 0. The normalized spacial score (nSPS) is 20.9. The smallest absolute Gasteiger partial charge is 0.0995 e. The van der Waals surface area contributed by atoms with Gasteiger partial charge in [-0.15, -0.1) is 0 Å². The van der Waals surface area contributed by atoms with E-state index in [9.17, 15) is 0 Å². The molecule has 1 fully saturated rings. The van der Waals surface area contributed by atoms with Gasteiger partial charge in [0.15, 0.2) is 0 Å². The van der Waals surface area contributed by atoms with Crippen LogP contribution in [0.15, 0.2) is 24.9 Å². The molecule has 1 atom stereocenters. The molecule has 0 saturated carbocycles. The van der Waals surface area contributed by atoms with Gasteiger partial charge in [0, 0.05) is 12.2 Å². The molecule has 3 heterocycles. The third-order valence-corrected chi connectivity index (χ3v) is 2.85.